The van der Waals surface area contributed by atoms with Gasteiger partial charge >= 0.3 is 5.97 Å². The minimum Gasteiger partial charge on any atom is -0.461 e. The average molecular weight is 439 g/mol. The highest BCUT2D eigenvalue weighted by atomic mass is 19.3. The number of aliphatic hydroxyl groups is 1. The summed E-state index contributed by atoms with van der Waals surface area (Å²) in [6.45, 7) is 5.96. The van der Waals surface area contributed by atoms with Crippen LogP contribution in [0.4, 0.5) is 8.78 Å². The molecule has 5 rings (SSSR count). The lowest BCUT2D eigenvalue weighted by molar-refractivity contribution is -0.224. The van der Waals surface area contributed by atoms with Gasteiger partial charge in [0.1, 0.15) is 11.9 Å². The van der Waals surface area contributed by atoms with Gasteiger partial charge < -0.3 is 9.84 Å². The Morgan fingerprint density at radius 2 is 1.90 bits per heavy atom. The van der Waals surface area contributed by atoms with E-state index in [2.05, 4.69) is 6.92 Å². The van der Waals surface area contributed by atoms with Gasteiger partial charge in [0, 0.05) is 12.8 Å². The average Bonchev–Trinajstić information content (AvgIpc) is 3.39. The number of rotatable bonds is 3. The van der Waals surface area contributed by atoms with Crippen LogP contribution in [0.3, 0.4) is 0 Å². The number of carbonyl (C=O) groups excluding carboxylic acids is 2. The molecule has 31 heavy (non-hydrogen) atoms. The third kappa shape index (κ3) is 2.99. The van der Waals surface area contributed by atoms with E-state index < -0.39 is 29.5 Å². The highest BCUT2D eigenvalue weighted by molar-refractivity contribution is 5.80. The van der Waals surface area contributed by atoms with Crippen molar-refractivity contribution in [3.05, 3.63) is 0 Å². The highest BCUT2D eigenvalue weighted by Gasteiger charge is 2.70. The molecule has 0 aromatic rings. The first-order valence-electron chi connectivity index (χ1n) is 12.2. The van der Waals surface area contributed by atoms with Crippen LogP contribution in [0.5, 0.6) is 0 Å². The molecule has 0 heterocycles. The van der Waals surface area contributed by atoms with Gasteiger partial charge in [-0.2, -0.15) is 0 Å². The number of halogens is 2. The van der Waals surface area contributed by atoms with E-state index in [4.69, 9.17) is 4.74 Å². The lowest BCUT2D eigenvalue weighted by Gasteiger charge is -2.61. The van der Waals surface area contributed by atoms with Gasteiger partial charge in [0.05, 0.1) is 16.9 Å². The number of carbonyl (C=O) groups is 2. The van der Waals surface area contributed by atoms with Gasteiger partial charge in [-0.05, 0) is 86.9 Å². The molecule has 9 atom stereocenters. The Morgan fingerprint density at radius 3 is 2.55 bits per heavy atom. The first-order valence-corrected chi connectivity index (χ1v) is 12.2. The van der Waals surface area contributed by atoms with Crippen molar-refractivity contribution in [1.29, 1.82) is 0 Å². The molecule has 1 unspecified atom stereocenters. The largest absolute Gasteiger partial charge is 0.461 e. The van der Waals surface area contributed by atoms with Gasteiger partial charge in [-0.1, -0.05) is 13.8 Å². The van der Waals surface area contributed by atoms with Crippen molar-refractivity contribution in [3.63, 3.8) is 0 Å². The Balaban J connectivity index is 1.49. The van der Waals surface area contributed by atoms with Crippen molar-refractivity contribution < 1.29 is 28.2 Å². The van der Waals surface area contributed by atoms with E-state index in [9.17, 15) is 23.5 Å². The number of aliphatic hydroxyl groups excluding tert-OH is 1. The number of fused-ring (bicyclic) bond motifs is 5. The lowest BCUT2D eigenvalue weighted by Crippen LogP contribution is -2.62. The molecule has 6 heteroatoms. The molecule has 0 spiro atoms. The van der Waals surface area contributed by atoms with Crippen LogP contribution in [0.15, 0.2) is 0 Å². The van der Waals surface area contributed by atoms with E-state index in [1.165, 1.54) is 0 Å². The van der Waals surface area contributed by atoms with Gasteiger partial charge in [0.2, 0.25) is 6.43 Å². The van der Waals surface area contributed by atoms with Crippen LogP contribution >= 0.6 is 0 Å². The number of esters is 1. The third-order valence-corrected chi connectivity index (χ3v) is 10.4. The summed E-state index contributed by atoms with van der Waals surface area (Å²) >= 11 is 0. The number of ether oxygens (including phenoxy) is 1. The van der Waals surface area contributed by atoms with E-state index in [0.717, 1.165) is 32.1 Å². The fraction of sp³-hybridized carbons (Fsp3) is 0.920. The molecule has 1 N–H and O–H groups in total. The van der Waals surface area contributed by atoms with Crippen LogP contribution in [0.1, 0.15) is 78.6 Å². The van der Waals surface area contributed by atoms with Crippen LogP contribution < -0.4 is 0 Å². The Bertz CT molecular complexity index is 779. The molecule has 5 aliphatic rings. The summed E-state index contributed by atoms with van der Waals surface area (Å²) in [5.74, 6) is -0.267. The zero-order chi connectivity index (χ0) is 22.3. The summed E-state index contributed by atoms with van der Waals surface area (Å²) in [6, 6.07) is 0. The second-order valence-corrected chi connectivity index (χ2v) is 12.1. The molecular weight excluding hydrogens is 402 g/mol. The number of ketones is 1. The van der Waals surface area contributed by atoms with Gasteiger partial charge in [0.25, 0.3) is 0 Å². The monoisotopic (exact) mass is 438 g/mol. The second kappa shape index (κ2) is 6.98. The second-order valence-electron chi connectivity index (χ2n) is 12.1. The quantitative estimate of drug-likeness (QED) is 0.645. The van der Waals surface area contributed by atoms with E-state index in [1.807, 2.05) is 13.8 Å². The predicted octanol–water partition coefficient (Wildman–Crippen LogP) is 4.77. The Hall–Kier alpha value is -1.04. The first kappa shape index (κ1) is 21.8. The fourth-order valence-corrected chi connectivity index (χ4v) is 8.40. The maximum Gasteiger partial charge on any atom is 0.312 e. The number of Topliss-reactive ketones (excluding diaryl/α,β-unsaturated/α-hetero) is 1. The molecule has 5 fully saturated rings. The minimum absolute atomic E-state index is 0.00475. The lowest BCUT2D eigenvalue weighted by atomic mass is 9.44. The number of hydrogen-bond donors (Lipinski definition) is 1. The van der Waals surface area contributed by atoms with Crippen LogP contribution in [0, 0.1) is 45.8 Å². The summed E-state index contributed by atoms with van der Waals surface area (Å²) in [7, 11) is 0. The molecule has 0 saturated heterocycles. The normalized spacial score (nSPS) is 50.4. The molecule has 5 saturated carbocycles. The molecule has 4 nitrogen and oxygen atoms in total. The summed E-state index contributed by atoms with van der Waals surface area (Å²) < 4.78 is 35.7. The smallest absolute Gasteiger partial charge is 0.312 e. The van der Waals surface area contributed by atoms with E-state index >= 15 is 0 Å². The molecule has 0 aliphatic heterocycles. The Kier molecular flexibility index (Phi) is 4.90. The van der Waals surface area contributed by atoms with Crippen LogP contribution in [0.2, 0.25) is 0 Å². The molecule has 0 amide bonds. The molecular formula is C25H36F2O4. The topological polar surface area (TPSA) is 63.6 Å². The SMILES string of the molecule is C[C@@H]1C[C@H]2[C@@H]3CCC4CC(=O)CC[C@]4(C)[C@H]3[C@@H](O)C[C@]2(C(F)F)[C@@H]1OC(=O)C1(C)CC1. The molecule has 0 aromatic heterocycles. The van der Waals surface area contributed by atoms with Crippen molar-refractivity contribution in [2.75, 3.05) is 0 Å². The summed E-state index contributed by atoms with van der Waals surface area (Å²) in [6.07, 6.45) is 1.27. The van der Waals surface area contributed by atoms with E-state index in [0.29, 0.717) is 25.0 Å². The van der Waals surface area contributed by atoms with Gasteiger partial charge in [-0.25, -0.2) is 8.78 Å². The number of hydrogen-bond acceptors (Lipinski definition) is 4. The van der Waals surface area contributed by atoms with E-state index in [1.54, 1.807) is 0 Å². The maximum atomic E-state index is 14.9. The van der Waals surface area contributed by atoms with Crippen molar-refractivity contribution in [2.45, 2.75) is 97.2 Å². The summed E-state index contributed by atoms with van der Waals surface area (Å²) in [4.78, 5) is 24.8. The molecule has 0 bridgehead atoms. The minimum atomic E-state index is -2.64. The van der Waals surface area contributed by atoms with Crippen molar-refractivity contribution >= 4 is 11.8 Å². The van der Waals surface area contributed by atoms with Crippen LogP contribution in [-0.2, 0) is 14.3 Å². The Morgan fingerprint density at radius 1 is 1.19 bits per heavy atom. The maximum absolute atomic E-state index is 14.9. The van der Waals surface area contributed by atoms with Gasteiger partial charge in [-0.15, -0.1) is 0 Å². The highest BCUT2D eigenvalue weighted by Crippen LogP contribution is 2.68. The molecule has 0 aromatic carbocycles. The van der Waals surface area contributed by atoms with Gasteiger partial charge in [0.15, 0.2) is 0 Å². The third-order valence-electron chi connectivity index (χ3n) is 10.4. The van der Waals surface area contributed by atoms with E-state index in [-0.39, 0.29) is 47.4 Å². The van der Waals surface area contributed by atoms with Crippen LogP contribution in [-0.4, -0.2) is 35.5 Å². The van der Waals surface area contributed by atoms with Crippen LogP contribution in [0.25, 0.3) is 0 Å². The molecule has 0 radical (unpaired) electrons. The van der Waals surface area contributed by atoms with Gasteiger partial charge in [-0.3, -0.25) is 9.59 Å². The van der Waals surface area contributed by atoms with Crippen molar-refractivity contribution in [2.24, 2.45) is 45.8 Å². The predicted molar refractivity (Wildman–Crippen MR) is 110 cm³/mol. The zero-order valence-electron chi connectivity index (χ0n) is 18.9. The molecule has 5 aliphatic carbocycles. The van der Waals surface area contributed by atoms with Crippen molar-refractivity contribution in [1.82, 2.24) is 0 Å². The summed E-state index contributed by atoms with van der Waals surface area (Å²) in [5.41, 5.74) is -2.16. The van der Waals surface area contributed by atoms with Crippen molar-refractivity contribution in [3.8, 4) is 0 Å². The zero-order valence-corrected chi connectivity index (χ0v) is 18.9. The standard InChI is InChI=1S/C25H36F2O4/c1-13-10-17-16-5-4-14-11-15(28)6-7-24(14,3)19(16)18(29)12-25(17,21(26)27)20(13)31-22(30)23(2)8-9-23/h13-14,16-21,29H,4-12H2,1-3H3/t13-,14?,16+,17+,18+,19-,20-,24+,25-/m1/s1. The fourth-order valence-electron chi connectivity index (χ4n) is 8.40. The Labute approximate surface area is 183 Å². The number of alkyl halides is 2. The molecule has 174 valence electrons. The summed E-state index contributed by atoms with van der Waals surface area (Å²) in [5, 5.41) is 11.4. The first-order chi connectivity index (χ1) is 14.5.